The lowest BCUT2D eigenvalue weighted by Crippen LogP contribution is -2.20. The van der Waals surface area contributed by atoms with Gasteiger partial charge in [-0.3, -0.25) is 4.79 Å². The van der Waals surface area contributed by atoms with Crippen molar-refractivity contribution in [1.82, 2.24) is 0 Å². The van der Waals surface area contributed by atoms with Gasteiger partial charge in [-0.2, -0.15) is 11.8 Å². The molecule has 3 atom stereocenters. The van der Waals surface area contributed by atoms with Gasteiger partial charge in [0.15, 0.2) is 0 Å². The Morgan fingerprint density at radius 2 is 2.36 bits per heavy atom. The molecule has 2 aliphatic rings. The average Bonchev–Trinajstić information content (AvgIpc) is 2.45. The summed E-state index contributed by atoms with van der Waals surface area (Å²) in [5.74, 6) is 0.554. The normalized spacial score (nSPS) is 42.3. The summed E-state index contributed by atoms with van der Waals surface area (Å²) >= 11 is 1.83. The van der Waals surface area contributed by atoms with Gasteiger partial charge in [-0.25, -0.2) is 0 Å². The number of hydrogen-bond acceptors (Lipinski definition) is 3. The van der Waals surface area contributed by atoms with Gasteiger partial charge in [0, 0.05) is 11.2 Å². The first kappa shape index (κ1) is 7.47. The molecule has 0 aromatic carbocycles. The summed E-state index contributed by atoms with van der Waals surface area (Å²) in [5, 5.41) is 0.575. The van der Waals surface area contributed by atoms with Gasteiger partial charge in [0.05, 0.1) is 6.42 Å². The molecular formula is C8H12O2S. The fourth-order valence-corrected chi connectivity index (χ4v) is 2.98. The second-order valence-electron chi connectivity index (χ2n) is 3.27. The molecule has 62 valence electrons. The van der Waals surface area contributed by atoms with Crippen molar-refractivity contribution in [3.63, 3.8) is 0 Å². The first-order valence-electron chi connectivity index (χ1n) is 4.03. The van der Waals surface area contributed by atoms with Crippen LogP contribution < -0.4 is 0 Å². The molecule has 11 heavy (non-hydrogen) atoms. The number of carbonyl (C=O) groups is 1. The van der Waals surface area contributed by atoms with E-state index < -0.39 is 0 Å². The van der Waals surface area contributed by atoms with Crippen molar-refractivity contribution >= 4 is 17.7 Å². The molecular weight excluding hydrogens is 160 g/mol. The van der Waals surface area contributed by atoms with Crippen LogP contribution in [0.2, 0.25) is 0 Å². The fourth-order valence-electron chi connectivity index (χ4n) is 2.07. The van der Waals surface area contributed by atoms with Crippen LogP contribution in [0.5, 0.6) is 0 Å². The number of carbonyl (C=O) groups excluding carboxylic acids is 1. The zero-order valence-electron chi connectivity index (χ0n) is 6.58. The second-order valence-corrected chi connectivity index (χ2v) is 4.35. The second kappa shape index (κ2) is 2.70. The molecule has 1 aliphatic carbocycles. The summed E-state index contributed by atoms with van der Waals surface area (Å²) in [4.78, 5) is 10.9. The largest absolute Gasteiger partial charge is 0.461 e. The molecule has 1 aliphatic heterocycles. The highest BCUT2D eigenvalue weighted by atomic mass is 32.2. The van der Waals surface area contributed by atoms with Gasteiger partial charge >= 0.3 is 5.97 Å². The number of fused-ring (bicyclic) bond motifs is 1. The highest BCUT2D eigenvalue weighted by Crippen LogP contribution is 2.41. The number of ether oxygens (including phenoxy) is 1. The third kappa shape index (κ3) is 1.15. The maximum Gasteiger partial charge on any atom is 0.306 e. The lowest BCUT2D eigenvalue weighted by atomic mass is 10.1. The van der Waals surface area contributed by atoms with Crippen molar-refractivity contribution in [3.05, 3.63) is 0 Å². The molecule has 0 spiro atoms. The molecule has 0 N–H and O–H groups in total. The molecule has 2 fully saturated rings. The third-order valence-electron chi connectivity index (χ3n) is 2.65. The summed E-state index contributed by atoms with van der Waals surface area (Å²) in [6.07, 6.45) is 5.42. The molecule has 2 rings (SSSR count). The summed E-state index contributed by atoms with van der Waals surface area (Å²) in [5.41, 5.74) is 0. The van der Waals surface area contributed by atoms with Crippen LogP contribution >= 0.6 is 11.8 Å². The fraction of sp³-hybridized carbons (Fsp3) is 0.875. The van der Waals surface area contributed by atoms with E-state index in [4.69, 9.17) is 4.74 Å². The molecule has 0 aromatic heterocycles. The van der Waals surface area contributed by atoms with Crippen molar-refractivity contribution in [2.24, 2.45) is 5.92 Å². The number of thioether (sulfide) groups is 1. The highest BCUT2D eigenvalue weighted by Gasteiger charge is 2.44. The Bertz CT molecular complexity index is 181. The summed E-state index contributed by atoms with van der Waals surface area (Å²) < 4.78 is 5.23. The highest BCUT2D eigenvalue weighted by molar-refractivity contribution is 7.99. The molecule has 0 bridgehead atoms. The van der Waals surface area contributed by atoms with Crippen molar-refractivity contribution in [2.75, 3.05) is 6.26 Å². The summed E-state index contributed by atoms with van der Waals surface area (Å²) in [7, 11) is 0. The number of hydrogen-bond donors (Lipinski definition) is 0. The van der Waals surface area contributed by atoms with Crippen LogP contribution in [0.25, 0.3) is 0 Å². The van der Waals surface area contributed by atoms with Gasteiger partial charge in [-0.1, -0.05) is 0 Å². The van der Waals surface area contributed by atoms with Gasteiger partial charge < -0.3 is 4.74 Å². The van der Waals surface area contributed by atoms with Gasteiger partial charge in [0.2, 0.25) is 0 Å². The van der Waals surface area contributed by atoms with Crippen LogP contribution in [0.4, 0.5) is 0 Å². The molecule has 1 saturated carbocycles. The third-order valence-corrected chi connectivity index (χ3v) is 3.76. The van der Waals surface area contributed by atoms with Crippen LogP contribution in [-0.2, 0) is 9.53 Å². The standard InChI is InChI=1S/C8H12O2S/c1-11-6-3-2-5-4-7(9)10-8(5)6/h5-6,8H,2-4H2,1H3/t5-,6+,8+/m0/s1. The maximum atomic E-state index is 10.9. The Balaban J connectivity index is 2.07. The van der Waals surface area contributed by atoms with Crippen molar-refractivity contribution in [3.8, 4) is 0 Å². The van der Waals surface area contributed by atoms with Gasteiger partial charge in [0.25, 0.3) is 0 Å². The summed E-state index contributed by atoms with van der Waals surface area (Å²) in [6, 6.07) is 0. The molecule has 1 heterocycles. The van der Waals surface area contributed by atoms with E-state index >= 15 is 0 Å². The predicted octanol–water partition coefficient (Wildman–Crippen LogP) is 1.44. The molecule has 3 heteroatoms. The minimum atomic E-state index is 0.0127. The maximum absolute atomic E-state index is 10.9. The van der Waals surface area contributed by atoms with E-state index in [2.05, 4.69) is 6.26 Å². The first-order chi connectivity index (χ1) is 5.31. The smallest absolute Gasteiger partial charge is 0.306 e. The minimum Gasteiger partial charge on any atom is -0.461 e. The lowest BCUT2D eigenvalue weighted by Gasteiger charge is -2.14. The van der Waals surface area contributed by atoms with E-state index in [0.717, 1.165) is 0 Å². The molecule has 0 amide bonds. The monoisotopic (exact) mass is 172 g/mol. The molecule has 2 nitrogen and oxygen atoms in total. The van der Waals surface area contributed by atoms with E-state index in [1.165, 1.54) is 12.8 Å². The van der Waals surface area contributed by atoms with Crippen LogP contribution in [-0.4, -0.2) is 23.6 Å². The number of rotatable bonds is 1. The first-order valence-corrected chi connectivity index (χ1v) is 5.32. The van der Waals surface area contributed by atoms with Crippen LogP contribution in [0, 0.1) is 5.92 Å². The molecule has 1 saturated heterocycles. The zero-order valence-corrected chi connectivity index (χ0v) is 7.39. The quantitative estimate of drug-likeness (QED) is 0.560. The molecule has 0 aromatic rings. The van der Waals surface area contributed by atoms with E-state index in [0.29, 0.717) is 17.6 Å². The van der Waals surface area contributed by atoms with Crippen molar-refractivity contribution < 1.29 is 9.53 Å². The Morgan fingerprint density at radius 1 is 1.55 bits per heavy atom. The Kier molecular flexibility index (Phi) is 1.83. The SMILES string of the molecule is CS[C@@H]1CC[C@H]2CC(=O)O[C@H]21. The summed E-state index contributed by atoms with van der Waals surface area (Å²) in [6.45, 7) is 0. The van der Waals surface area contributed by atoms with Gasteiger partial charge in [-0.05, 0) is 19.1 Å². The molecule has 0 unspecified atom stereocenters. The van der Waals surface area contributed by atoms with Crippen molar-refractivity contribution in [1.29, 1.82) is 0 Å². The van der Waals surface area contributed by atoms with E-state index in [1.807, 2.05) is 11.8 Å². The van der Waals surface area contributed by atoms with E-state index in [1.54, 1.807) is 0 Å². The Labute approximate surface area is 70.7 Å². The lowest BCUT2D eigenvalue weighted by molar-refractivity contribution is -0.141. The Morgan fingerprint density at radius 3 is 3.09 bits per heavy atom. The zero-order chi connectivity index (χ0) is 7.84. The predicted molar refractivity (Wildman–Crippen MR) is 44.5 cm³/mol. The minimum absolute atomic E-state index is 0.0127. The number of esters is 1. The van der Waals surface area contributed by atoms with Gasteiger partial charge in [0.1, 0.15) is 6.10 Å². The van der Waals surface area contributed by atoms with E-state index in [9.17, 15) is 4.79 Å². The average molecular weight is 172 g/mol. The van der Waals surface area contributed by atoms with Gasteiger partial charge in [-0.15, -0.1) is 0 Å². The van der Waals surface area contributed by atoms with Crippen LogP contribution in [0.15, 0.2) is 0 Å². The van der Waals surface area contributed by atoms with Crippen LogP contribution in [0.1, 0.15) is 19.3 Å². The van der Waals surface area contributed by atoms with E-state index in [-0.39, 0.29) is 12.1 Å². The van der Waals surface area contributed by atoms with Crippen molar-refractivity contribution in [2.45, 2.75) is 30.6 Å². The Hall–Kier alpha value is -0.180. The molecule has 0 radical (unpaired) electrons. The van der Waals surface area contributed by atoms with Crippen LogP contribution in [0.3, 0.4) is 0 Å². The topological polar surface area (TPSA) is 26.3 Å².